The molecule has 2 heterocycles. The molecule has 3 aromatic rings. The van der Waals surface area contributed by atoms with Gasteiger partial charge in [0.1, 0.15) is 6.54 Å². The van der Waals surface area contributed by atoms with Crippen LogP contribution < -0.4 is 5.32 Å². The number of benzene rings is 2. The van der Waals surface area contributed by atoms with Crippen molar-refractivity contribution in [2.75, 3.05) is 11.9 Å². The summed E-state index contributed by atoms with van der Waals surface area (Å²) < 4.78 is 5.53. The number of carbonyl (C=O) groups excluding carboxylic acids is 3. The van der Waals surface area contributed by atoms with E-state index in [1.807, 2.05) is 24.3 Å². The van der Waals surface area contributed by atoms with Gasteiger partial charge in [0.05, 0.1) is 11.1 Å². The Bertz CT molecular complexity index is 1110. The van der Waals surface area contributed by atoms with Crippen LogP contribution in [0, 0.1) is 0 Å². The van der Waals surface area contributed by atoms with Gasteiger partial charge in [-0.2, -0.15) is 0 Å². The third-order valence-electron chi connectivity index (χ3n) is 4.30. The van der Waals surface area contributed by atoms with E-state index in [2.05, 4.69) is 29.4 Å². The molecule has 30 heavy (non-hydrogen) atoms. The molecule has 1 aliphatic rings. The van der Waals surface area contributed by atoms with Gasteiger partial charge in [0.15, 0.2) is 0 Å². The van der Waals surface area contributed by atoms with E-state index in [9.17, 15) is 14.4 Å². The standard InChI is InChI=1S/C21H18N4O4S/c1-12(2)30-14-7-5-6-13(10-14)18-23-24-21(29-18)22-17(26)11-25-19(27)15-8-3-4-9-16(15)20(25)28/h3-10,12H,11H2,1-2H3,(H,22,24,26). The van der Waals surface area contributed by atoms with Crippen LogP contribution in [0.3, 0.4) is 0 Å². The van der Waals surface area contributed by atoms with Gasteiger partial charge in [-0.05, 0) is 30.3 Å². The molecule has 9 heteroatoms. The Balaban J connectivity index is 1.43. The van der Waals surface area contributed by atoms with Gasteiger partial charge in [-0.3, -0.25) is 24.6 Å². The van der Waals surface area contributed by atoms with E-state index in [1.165, 1.54) is 0 Å². The van der Waals surface area contributed by atoms with Gasteiger partial charge in [-0.1, -0.05) is 37.1 Å². The number of hydrogen-bond donors (Lipinski definition) is 1. The number of rotatable bonds is 6. The van der Waals surface area contributed by atoms with Crippen molar-refractivity contribution in [3.05, 3.63) is 59.7 Å². The average Bonchev–Trinajstić information content (AvgIpc) is 3.27. The van der Waals surface area contributed by atoms with Crippen LogP contribution >= 0.6 is 11.8 Å². The Morgan fingerprint density at radius 3 is 2.43 bits per heavy atom. The highest BCUT2D eigenvalue weighted by atomic mass is 32.2. The van der Waals surface area contributed by atoms with Crippen LogP contribution in [0.15, 0.2) is 57.8 Å². The zero-order valence-electron chi connectivity index (χ0n) is 16.3. The van der Waals surface area contributed by atoms with Gasteiger partial charge in [0.2, 0.25) is 11.8 Å². The Kier molecular flexibility index (Phi) is 5.37. The fraction of sp³-hybridized carbons (Fsp3) is 0.190. The lowest BCUT2D eigenvalue weighted by Gasteiger charge is -2.12. The number of imide groups is 1. The van der Waals surface area contributed by atoms with Crippen molar-refractivity contribution in [1.29, 1.82) is 0 Å². The summed E-state index contributed by atoms with van der Waals surface area (Å²) in [6.45, 7) is 3.77. The van der Waals surface area contributed by atoms with E-state index in [4.69, 9.17) is 4.42 Å². The Morgan fingerprint density at radius 2 is 1.77 bits per heavy atom. The molecule has 8 nitrogen and oxygen atoms in total. The van der Waals surface area contributed by atoms with E-state index in [0.29, 0.717) is 5.25 Å². The molecule has 0 saturated heterocycles. The quantitative estimate of drug-likeness (QED) is 0.479. The molecule has 0 bridgehead atoms. The maximum absolute atomic E-state index is 12.4. The fourth-order valence-electron chi connectivity index (χ4n) is 3.05. The van der Waals surface area contributed by atoms with Crippen molar-refractivity contribution in [3.63, 3.8) is 0 Å². The van der Waals surface area contributed by atoms with Crippen molar-refractivity contribution in [2.24, 2.45) is 0 Å². The SMILES string of the molecule is CC(C)Sc1cccc(-c2nnc(NC(=O)CN3C(=O)c4ccccc4C3=O)o2)c1. The van der Waals surface area contributed by atoms with Crippen LogP contribution in [0.2, 0.25) is 0 Å². The predicted octanol–water partition coefficient (Wildman–Crippen LogP) is 3.47. The van der Waals surface area contributed by atoms with E-state index >= 15 is 0 Å². The van der Waals surface area contributed by atoms with Crippen LogP contribution in [-0.4, -0.2) is 44.6 Å². The summed E-state index contributed by atoms with van der Waals surface area (Å²) in [5.41, 5.74) is 1.30. The second-order valence-electron chi connectivity index (χ2n) is 6.90. The summed E-state index contributed by atoms with van der Waals surface area (Å²) >= 11 is 1.71. The smallest absolute Gasteiger partial charge is 0.322 e. The number of nitrogens with one attached hydrogen (secondary N) is 1. The summed E-state index contributed by atoms with van der Waals surface area (Å²) in [5.74, 6) is -1.35. The molecule has 2 aromatic carbocycles. The molecule has 3 amide bonds. The van der Waals surface area contributed by atoms with Gasteiger partial charge in [0, 0.05) is 15.7 Å². The highest BCUT2D eigenvalue weighted by Gasteiger charge is 2.36. The van der Waals surface area contributed by atoms with Gasteiger partial charge in [0.25, 0.3) is 11.8 Å². The first-order chi connectivity index (χ1) is 14.4. The molecule has 0 atom stereocenters. The second-order valence-corrected chi connectivity index (χ2v) is 8.55. The van der Waals surface area contributed by atoms with Crippen molar-refractivity contribution in [3.8, 4) is 11.5 Å². The second kappa shape index (κ2) is 8.11. The third-order valence-corrected chi connectivity index (χ3v) is 5.30. The largest absolute Gasteiger partial charge is 0.403 e. The molecule has 1 N–H and O–H groups in total. The van der Waals surface area contributed by atoms with Gasteiger partial charge in [-0.15, -0.1) is 16.9 Å². The Morgan fingerprint density at radius 1 is 1.07 bits per heavy atom. The lowest BCUT2D eigenvalue weighted by Crippen LogP contribution is -2.37. The zero-order valence-corrected chi connectivity index (χ0v) is 17.1. The molecule has 1 aromatic heterocycles. The van der Waals surface area contributed by atoms with Crippen LogP contribution in [0.5, 0.6) is 0 Å². The maximum atomic E-state index is 12.4. The minimum atomic E-state index is -0.608. The number of thioether (sulfide) groups is 1. The summed E-state index contributed by atoms with van der Waals surface area (Å²) in [5, 5.41) is 10.7. The number of hydrogen-bond acceptors (Lipinski definition) is 7. The fourth-order valence-corrected chi connectivity index (χ4v) is 3.95. The topological polar surface area (TPSA) is 105 Å². The molecule has 0 unspecified atom stereocenters. The Labute approximate surface area is 176 Å². The summed E-state index contributed by atoms with van der Waals surface area (Å²) in [7, 11) is 0. The lowest BCUT2D eigenvalue weighted by molar-refractivity contribution is -0.116. The minimum absolute atomic E-state index is 0.103. The summed E-state index contributed by atoms with van der Waals surface area (Å²) in [4.78, 5) is 39.0. The van der Waals surface area contributed by atoms with Crippen molar-refractivity contribution < 1.29 is 18.8 Å². The normalized spacial score (nSPS) is 13.1. The summed E-state index contributed by atoms with van der Waals surface area (Å²) in [6.07, 6.45) is 0. The van der Waals surface area contributed by atoms with Crippen molar-refractivity contribution >= 4 is 35.5 Å². The molecular formula is C21H18N4O4S. The predicted molar refractivity (Wildman–Crippen MR) is 111 cm³/mol. The average molecular weight is 422 g/mol. The van der Waals surface area contributed by atoms with E-state index < -0.39 is 24.3 Å². The first-order valence-electron chi connectivity index (χ1n) is 9.28. The van der Waals surface area contributed by atoms with Crippen LogP contribution in [-0.2, 0) is 4.79 Å². The van der Waals surface area contributed by atoms with Crippen LogP contribution in [0.1, 0.15) is 34.6 Å². The molecular weight excluding hydrogens is 404 g/mol. The van der Waals surface area contributed by atoms with Gasteiger partial charge in [-0.25, -0.2) is 0 Å². The van der Waals surface area contributed by atoms with Crippen LogP contribution in [0.25, 0.3) is 11.5 Å². The van der Waals surface area contributed by atoms with E-state index in [0.717, 1.165) is 15.4 Å². The van der Waals surface area contributed by atoms with Gasteiger partial charge < -0.3 is 4.42 Å². The van der Waals surface area contributed by atoms with Crippen molar-refractivity contribution in [2.45, 2.75) is 24.0 Å². The number of nitrogens with zero attached hydrogens (tertiary/aromatic N) is 3. The first kappa shape index (κ1) is 19.8. The van der Waals surface area contributed by atoms with E-state index in [1.54, 1.807) is 36.0 Å². The number of amides is 3. The molecule has 152 valence electrons. The Hall–Kier alpha value is -3.46. The minimum Gasteiger partial charge on any atom is -0.403 e. The molecule has 0 fully saturated rings. The molecule has 0 spiro atoms. The molecule has 0 aliphatic carbocycles. The van der Waals surface area contributed by atoms with Gasteiger partial charge >= 0.3 is 6.01 Å². The molecule has 4 rings (SSSR count). The monoisotopic (exact) mass is 422 g/mol. The zero-order chi connectivity index (χ0) is 21.3. The molecule has 0 radical (unpaired) electrons. The van der Waals surface area contributed by atoms with Crippen molar-refractivity contribution in [1.82, 2.24) is 15.1 Å². The number of fused-ring (bicyclic) bond motifs is 1. The summed E-state index contributed by atoms with van der Waals surface area (Å²) in [6, 6.07) is 14.0. The lowest BCUT2D eigenvalue weighted by atomic mass is 10.1. The van der Waals surface area contributed by atoms with E-state index in [-0.39, 0.29) is 23.0 Å². The highest BCUT2D eigenvalue weighted by molar-refractivity contribution is 7.99. The number of aromatic nitrogens is 2. The maximum Gasteiger partial charge on any atom is 0.322 e. The highest BCUT2D eigenvalue weighted by Crippen LogP contribution is 2.28. The van der Waals surface area contributed by atoms with Crippen LogP contribution in [0.4, 0.5) is 6.01 Å². The number of carbonyl (C=O) groups is 3. The molecule has 1 aliphatic heterocycles. The third kappa shape index (κ3) is 3.97. The number of anilines is 1. The first-order valence-corrected chi connectivity index (χ1v) is 10.2. The molecule has 0 saturated carbocycles.